The molecule has 1 saturated carbocycles. The van der Waals surface area contributed by atoms with Gasteiger partial charge in [-0.2, -0.15) is 0 Å². The predicted octanol–water partition coefficient (Wildman–Crippen LogP) is 4.77. The second kappa shape index (κ2) is 8.76. The van der Waals surface area contributed by atoms with Crippen LogP contribution in [0.2, 0.25) is 0 Å². The molecule has 0 aromatic heterocycles. The van der Waals surface area contributed by atoms with Crippen molar-refractivity contribution < 1.29 is 9.47 Å². The Bertz CT molecular complexity index is 795. The first-order chi connectivity index (χ1) is 14.0. The molecular formula is C25H34N2O2. The Labute approximate surface area is 175 Å². The van der Waals surface area contributed by atoms with Crippen molar-refractivity contribution in [3.05, 3.63) is 59.7 Å². The van der Waals surface area contributed by atoms with E-state index in [2.05, 4.69) is 79.6 Å². The highest BCUT2D eigenvalue weighted by Crippen LogP contribution is 2.38. The number of fused-ring (bicyclic) bond motifs is 1. The zero-order chi connectivity index (χ0) is 20.3. The van der Waals surface area contributed by atoms with Crippen LogP contribution in [-0.4, -0.2) is 36.2 Å². The molecule has 1 heterocycles. The standard InChI is InChI=1S/C25H34N2O2/c1-19(2)28-23-10-8-20(9-11-23)16-27-17-21-6-4-5-7-24(21)29-25(18-27)14-12-22(26-3)13-15-25/h4-11,19,22,26H,12-18H2,1-3H3. The van der Waals surface area contributed by atoms with Crippen molar-refractivity contribution in [2.45, 2.75) is 70.4 Å². The Morgan fingerprint density at radius 2 is 1.83 bits per heavy atom. The summed E-state index contributed by atoms with van der Waals surface area (Å²) in [6.07, 6.45) is 4.75. The Morgan fingerprint density at radius 3 is 2.52 bits per heavy atom. The summed E-state index contributed by atoms with van der Waals surface area (Å²) < 4.78 is 12.5. The SMILES string of the molecule is CNC1CCC2(CC1)CN(Cc1ccc(OC(C)C)cc1)Cc1ccccc1O2. The van der Waals surface area contributed by atoms with Gasteiger partial charge >= 0.3 is 0 Å². The van der Waals surface area contributed by atoms with E-state index in [1.807, 2.05) is 0 Å². The fourth-order valence-electron chi connectivity index (χ4n) is 4.71. The maximum Gasteiger partial charge on any atom is 0.124 e. The molecule has 156 valence electrons. The lowest BCUT2D eigenvalue weighted by atomic mass is 9.81. The number of rotatable bonds is 5. The second-order valence-electron chi connectivity index (χ2n) is 8.91. The quantitative estimate of drug-likeness (QED) is 0.792. The molecule has 0 bridgehead atoms. The van der Waals surface area contributed by atoms with Crippen molar-refractivity contribution in [1.29, 1.82) is 0 Å². The molecule has 2 aliphatic rings. The summed E-state index contributed by atoms with van der Waals surface area (Å²) in [6.45, 7) is 6.95. The summed E-state index contributed by atoms with van der Waals surface area (Å²) in [5.74, 6) is 2.01. The van der Waals surface area contributed by atoms with Crippen molar-refractivity contribution >= 4 is 0 Å². The van der Waals surface area contributed by atoms with Crippen LogP contribution < -0.4 is 14.8 Å². The largest absolute Gasteiger partial charge is 0.491 e. The minimum Gasteiger partial charge on any atom is -0.491 e. The van der Waals surface area contributed by atoms with Gasteiger partial charge in [0.05, 0.1) is 6.10 Å². The normalized spacial score (nSPS) is 24.8. The minimum atomic E-state index is -0.0827. The van der Waals surface area contributed by atoms with Crippen LogP contribution in [0.1, 0.15) is 50.7 Å². The molecule has 1 fully saturated rings. The van der Waals surface area contributed by atoms with E-state index >= 15 is 0 Å². The molecule has 4 rings (SSSR count). The van der Waals surface area contributed by atoms with Crippen LogP contribution in [0, 0.1) is 0 Å². The maximum atomic E-state index is 6.72. The molecule has 0 radical (unpaired) electrons. The Balaban J connectivity index is 1.53. The number of ether oxygens (including phenoxy) is 2. The molecule has 29 heavy (non-hydrogen) atoms. The van der Waals surface area contributed by atoms with Gasteiger partial charge in [-0.05, 0) is 70.3 Å². The van der Waals surface area contributed by atoms with E-state index in [0.29, 0.717) is 6.04 Å². The highest BCUT2D eigenvalue weighted by Gasteiger charge is 2.40. The average molecular weight is 395 g/mol. The van der Waals surface area contributed by atoms with E-state index in [1.165, 1.54) is 24.0 Å². The van der Waals surface area contributed by atoms with Gasteiger partial charge in [0, 0.05) is 31.2 Å². The lowest BCUT2D eigenvalue weighted by Crippen LogP contribution is -2.50. The molecule has 1 N–H and O–H groups in total. The van der Waals surface area contributed by atoms with Crippen LogP contribution in [0.3, 0.4) is 0 Å². The van der Waals surface area contributed by atoms with E-state index in [1.54, 1.807) is 0 Å². The minimum absolute atomic E-state index is 0.0827. The number of nitrogens with one attached hydrogen (secondary N) is 1. The summed E-state index contributed by atoms with van der Waals surface area (Å²) in [4.78, 5) is 2.56. The zero-order valence-electron chi connectivity index (χ0n) is 18.0. The highest BCUT2D eigenvalue weighted by atomic mass is 16.5. The van der Waals surface area contributed by atoms with Gasteiger partial charge in [-0.3, -0.25) is 4.90 Å². The smallest absolute Gasteiger partial charge is 0.124 e. The summed E-state index contributed by atoms with van der Waals surface area (Å²) in [7, 11) is 2.07. The van der Waals surface area contributed by atoms with Crippen LogP contribution >= 0.6 is 0 Å². The first-order valence-electron chi connectivity index (χ1n) is 11.0. The van der Waals surface area contributed by atoms with Crippen molar-refractivity contribution in [2.24, 2.45) is 0 Å². The van der Waals surface area contributed by atoms with Crippen LogP contribution in [0.25, 0.3) is 0 Å². The maximum absolute atomic E-state index is 6.72. The Kier molecular flexibility index (Phi) is 6.12. The topological polar surface area (TPSA) is 33.7 Å². The van der Waals surface area contributed by atoms with Gasteiger partial charge in [0.1, 0.15) is 17.1 Å². The number of nitrogens with zero attached hydrogens (tertiary/aromatic N) is 1. The van der Waals surface area contributed by atoms with Gasteiger partial charge in [0.2, 0.25) is 0 Å². The molecule has 1 aliphatic carbocycles. The molecule has 4 nitrogen and oxygen atoms in total. The van der Waals surface area contributed by atoms with Crippen molar-refractivity contribution in [2.75, 3.05) is 13.6 Å². The van der Waals surface area contributed by atoms with E-state index in [9.17, 15) is 0 Å². The molecule has 4 heteroatoms. The van der Waals surface area contributed by atoms with Gasteiger partial charge in [-0.15, -0.1) is 0 Å². The van der Waals surface area contributed by atoms with Gasteiger partial charge in [0.15, 0.2) is 0 Å². The van der Waals surface area contributed by atoms with Crippen LogP contribution in [0.15, 0.2) is 48.5 Å². The van der Waals surface area contributed by atoms with E-state index in [0.717, 1.165) is 44.0 Å². The monoisotopic (exact) mass is 394 g/mol. The van der Waals surface area contributed by atoms with E-state index < -0.39 is 0 Å². The summed E-state index contributed by atoms with van der Waals surface area (Å²) >= 11 is 0. The second-order valence-corrected chi connectivity index (χ2v) is 8.91. The number of benzene rings is 2. The molecule has 1 aliphatic heterocycles. The molecule has 0 unspecified atom stereocenters. The fraction of sp³-hybridized carbons (Fsp3) is 0.520. The van der Waals surface area contributed by atoms with Crippen molar-refractivity contribution in [3.63, 3.8) is 0 Å². The van der Waals surface area contributed by atoms with Crippen molar-refractivity contribution in [3.8, 4) is 11.5 Å². The third kappa shape index (κ3) is 4.93. The average Bonchev–Trinajstić information content (AvgIpc) is 2.85. The van der Waals surface area contributed by atoms with Crippen LogP contribution in [0.5, 0.6) is 11.5 Å². The Hall–Kier alpha value is -2.04. The third-order valence-corrected chi connectivity index (χ3v) is 6.21. The number of hydrogen-bond acceptors (Lipinski definition) is 4. The molecule has 0 atom stereocenters. The van der Waals surface area contributed by atoms with Gasteiger partial charge < -0.3 is 14.8 Å². The molecule has 0 saturated heterocycles. The highest BCUT2D eigenvalue weighted by molar-refractivity contribution is 5.35. The van der Waals surface area contributed by atoms with Crippen LogP contribution in [0.4, 0.5) is 0 Å². The third-order valence-electron chi connectivity index (χ3n) is 6.21. The number of para-hydroxylation sites is 1. The van der Waals surface area contributed by atoms with Crippen molar-refractivity contribution in [1.82, 2.24) is 10.2 Å². The summed E-state index contributed by atoms with van der Waals surface area (Å²) in [5, 5.41) is 3.45. The molecule has 2 aromatic carbocycles. The molecular weight excluding hydrogens is 360 g/mol. The van der Waals surface area contributed by atoms with Crippen LogP contribution in [-0.2, 0) is 13.1 Å². The van der Waals surface area contributed by atoms with Gasteiger partial charge in [0.25, 0.3) is 0 Å². The van der Waals surface area contributed by atoms with Gasteiger partial charge in [-0.1, -0.05) is 30.3 Å². The lowest BCUT2D eigenvalue weighted by Gasteiger charge is -2.41. The fourth-order valence-corrected chi connectivity index (χ4v) is 4.71. The first kappa shape index (κ1) is 20.2. The van der Waals surface area contributed by atoms with E-state index in [4.69, 9.17) is 9.47 Å². The molecule has 1 spiro atoms. The molecule has 0 amide bonds. The zero-order valence-corrected chi connectivity index (χ0v) is 18.0. The first-order valence-corrected chi connectivity index (χ1v) is 11.0. The Morgan fingerprint density at radius 1 is 1.10 bits per heavy atom. The van der Waals surface area contributed by atoms with E-state index in [-0.39, 0.29) is 11.7 Å². The van der Waals surface area contributed by atoms with Gasteiger partial charge in [-0.25, -0.2) is 0 Å². The summed E-state index contributed by atoms with van der Waals surface area (Å²) in [5.41, 5.74) is 2.53. The molecule has 2 aromatic rings. The lowest BCUT2D eigenvalue weighted by molar-refractivity contribution is -0.00321. The number of hydrogen-bond donors (Lipinski definition) is 1. The predicted molar refractivity (Wildman–Crippen MR) is 117 cm³/mol. The summed E-state index contributed by atoms with van der Waals surface area (Å²) in [6, 6.07) is 17.7.